The van der Waals surface area contributed by atoms with Crippen LogP contribution < -0.4 is 0 Å². The largest absolute Gasteiger partial charge is 0.293 e. The Morgan fingerprint density at radius 3 is 1.65 bits per heavy atom. The van der Waals surface area contributed by atoms with Gasteiger partial charge >= 0.3 is 0 Å². The van der Waals surface area contributed by atoms with Gasteiger partial charge < -0.3 is 0 Å². The molecule has 4 heteroatoms. The minimum absolute atomic E-state index is 0.00455. The van der Waals surface area contributed by atoms with Gasteiger partial charge in [0.1, 0.15) is 5.41 Å². The topological polar surface area (TPSA) is 34.1 Å². The first-order chi connectivity index (χ1) is 11.1. The Morgan fingerprint density at radius 1 is 0.826 bits per heavy atom. The molecule has 2 nitrogen and oxygen atoms in total. The van der Waals surface area contributed by atoms with E-state index in [1.807, 2.05) is 12.1 Å². The van der Waals surface area contributed by atoms with E-state index in [0.29, 0.717) is 24.0 Å². The summed E-state index contributed by atoms with van der Waals surface area (Å²) in [5.74, 6) is -0.00910. The summed E-state index contributed by atoms with van der Waals surface area (Å²) in [5, 5.41) is 1.55. The standard InChI is InChI=1S/C19H14Br2O2/c20-9-13-5-11-7-19(8-12(11)6-14(13)10-21)17(22)15-3-1-2-4-16(15)18(19)23/h1-6H,7-10H2. The molecular formula is C19H14Br2O2. The van der Waals surface area contributed by atoms with E-state index in [1.54, 1.807) is 12.1 Å². The number of carbonyl (C=O) groups is 2. The lowest BCUT2D eigenvalue weighted by molar-refractivity contribution is 0.0710. The van der Waals surface area contributed by atoms with Crippen molar-refractivity contribution >= 4 is 43.4 Å². The third-order valence-corrected chi connectivity index (χ3v) is 6.29. The van der Waals surface area contributed by atoms with Crippen LogP contribution in [0.4, 0.5) is 0 Å². The second-order valence-electron chi connectivity index (χ2n) is 6.30. The predicted octanol–water partition coefficient (Wildman–Crippen LogP) is 4.64. The number of fused-ring (bicyclic) bond motifs is 2. The molecule has 0 fully saturated rings. The van der Waals surface area contributed by atoms with Crippen molar-refractivity contribution in [2.24, 2.45) is 5.41 Å². The van der Waals surface area contributed by atoms with E-state index in [1.165, 1.54) is 11.1 Å². The maximum absolute atomic E-state index is 13.0. The van der Waals surface area contributed by atoms with Crippen LogP contribution in [0, 0.1) is 5.41 Å². The van der Waals surface area contributed by atoms with E-state index in [4.69, 9.17) is 0 Å². The van der Waals surface area contributed by atoms with Crippen LogP contribution in [0.1, 0.15) is 43.0 Å². The molecule has 0 saturated heterocycles. The van der Waals surface area contributed by atoms with Crippen LogP contribution in [0.2, 0.25) is 0 Å². The minimum atomic E-state index is -0.902. The second kappa shape index (κ2) is 5.38. The molecule has 4 rings (SSSR count). The van der Waals surface area contributed by atoms with Crippen molar-refractivity contribution < 1.29 is 9.59 Å². The van der Waals surface area contributed by atoms with Crippen LogP contribution in [-0.4, -0.2) is 11.6 Å². The smallest absolute Gasteiger partial charge is 0.178 e. The summed E-state index contributed by atoms with van der Waals surface area (Å²) in [6.45, 7) is 0. The predicted molar refractivity (Wildman–Crippen MR) is 96.6 cm³/mol. The molecule has 0 radical (unpaired) electrons. The Labute approximate surface area is 151 Å². The van der Waals surface area contributed by atoms with Crippen molar-refractivity contribution in [3.8, 4) is 0 Å². The van der Waals surface area contributed by atoms with E-state index < -0.39 is 5.41 Å². The van der Waals surface area contributed by atoms with E-state index in [9.17, 15) is 9.59 Å². The van der Waals surface area contributed by atoms with Gasteiger partial charge in [-0.05, 0) is 35.1 Å². The summed E-state index contributed by atoms with van der Waals surface area (Å²) >= 11 is 7.05. The highest BCUT2D eigenvalue weighted by Gasteiger charge is 2.55. The maximum Gasteiger partial charge on any atom is 0.178 e. The van der Waals surface area contributed by atoms with Gasteiger partial charge in [0.2, 0.25) is 0 Å². The fourth-order valence-corrected chi connectivity index (χ4v) is 4.94. The zero-order valence-corrected chi connectivity index (χ0v) is 15.5. The molecule has 2 aromatic carbocycles. The first-order valence-corrected chi connectivity index (χ1v) is 9.79. The van der Waals surface area contributed by atoms with Gasteiger partial charge in [0, 0.05) is 21.8 Å². The van der Waals surface area contributed by atoms with Crippen molar-refractivity contribution in [2.45, 2.75) is 23.5 Å². The van der Waals surface area contributed by atoms with E-state index in [-0.39, 0.29) is 11.6 Å². The normalized spacial score (nSPS) is 17.7. The van der Waals surface area contributed by atoms with Crippen molar-refractivity contribution in [3.05, 3.63) is 69.8 Å². The van der Waals surface area contributed by atoms with Gasteiger partial charge in [0.05, 0.1) is 0 Å². The zero-order chi connectivity index (χ0) is 16.2. The summed E-state index contributed by atoms with van der Waals surface area (Å²) in [6.07, 6.45) is 1.05. The van der Waals surface area contributed by atoms with Crippen LogP contribution in [0.25, 0.3) is 0 Å². The Hall–Kier alpha value is -1.26. The Bertz CT molecular complexity index is 784. The van der Waals surface area contributed by atoms with Gasteiger partial charge in [-0.25, -0.2) is 0 Å². The monoisotopic (exact) mass is 432 g/mol. The summed E-state index contributed by atoms with van der Waals surface area (Å²) < 4.78 is 0. The molecule has 2 aliphatic rings. The van der Waals surface area contributed by atoms with Crippen molar-refractivity contribution in [3.63, 3.8) is 0 Å². The molecule has 0 atom stereocenters. The van der Waals surface area contributed by atoms with E-state index in [2.05, 4.69) is 44.0 Å². The SMILES string of the molecule is O=C1c2ccccc2C(=O)C12Cc1cc(CBr)c(CBr)cc1C2. The summed E-state index contributed by atoms with van der Waals surface area (Å²) in [6, 6.07) is 11.5. The van der Waals surface area contributed by atoms with Gasteiger partial charge in [-0.3, -0.25) is 9.59 Å². The fourth-order valence-electron chi connectivity index (χ4n) is 3.90. The van der Waals surface area contributed by atoms with E-state index >= 15 is 0 Å². The minimum Gasteiger partial charge on any atom is -0.293 e. The number of rotatable bonds is 2. The molecule has 116 valence electrons. The van der Waals surface area contributed by atoms with Gasteiger partial charge in [-0.2, -0.15) is 0 Å². The highest BCUT2D eigenvalue weighted by molar-refractivity contribution is 9.09. The number of halogens is 2. The van der Waals surface area contributed by atoms with Crippen molar-refractivity contribution in [2.75, 3.05) is 0 Å². The fraction of sp³-hybridized carbons (Fsp3) is 0.263. The van der Waals surface area contributed by atoms with E-state index in [0.717, 1.165) is 21.8 Å². The number of hydrogen-bond donors (Lipinski definition) is 0. The molecule has 0 saturated carbocycles. The molecule has 0 bridgehead atoms. The zero-order valence-electron chi connectivity index (χ0n) is 12.4. The average Bonchev–Trinajstić information content (AvgIpc) is 3.06. The van der Waals surface area contributed by atoms with Crippen LogP contribution in [0.3, 0.4) is 0 Å². The average molecular weight is 434 g/mol. The molecule has 0 aromatic heterocycles. The number of ketones is 2. The number of benzene rings is 2. The van der Waals surface area contributed by atoms with Crippen molar-refractivity contribution in [1.29, 1.82) is 0 Å². The van der Waals surface area contributed by atoms with Gasteiger partial charge in [-0.1, -0.05) is 68.3 Å². The Balaban J connectivity index is 1.82. The van der Waals surface area contributed by atoms with Crippen LogP contribution in [0.5, 0.6) is 0 Å². The molecule has 1 spiro atoms. The third-order valence-electron chi connectivity index (χ3n) is 5.08. The Kier molecular flexibility index (Phi) is 3.58. The summed E-state index contributed by atoms with van der Waals surface area (Å²) in [7, 11) is 0. The van der Waals surface area contributed by atoms with Crippen LogP contribution >= 0.6 is 31.9 Å². The summed E-state index contributed by atoms with van der Waals surface area (Å²) in [4.78, 5) is 25.9. The van der Waals surface area contributed by atoms with Gasteiger partial charge in [0.15, 0.2) is 11.6 Å². The first kappa shape index (κ1) is 15.3. The molecular weight excluding hydrogens is 420 g/mol. The quantitative estimate of drug-likeness (QED) is 0.510. The lowest BCUT2D eigenvalue weighted by Crippen LogP contribution is -2.34. The number of carbonyl (C=O) groups excluding carboxylic acids is 2. The summed E-state index contributed by atoms with van der Waals surface area (Å²) in [5.41, 5.74) is 4.98. The second-order valence-corrected chi connectivity index (χ2v) is 7.42. The van der Waals surface area contributed by atoms with Crippen molar-refractivity contribution in [1.82, 2.24) is 0 Å². The van der Waals surface area contributed by atoms with Gasteiger partial charge in [-0.15, -0.1) is 0 Å². The number of hydrogen-bond acceptors (Lipinski definition) is 2. The molecule has 0 N–H and O–H groups in total. The molecule has 0 heterocycles. The lowest BCUT2D eigenvalue weighted by Gasteiger charge is -2.18. The highest BCUT2D eigenvalue weighted by Crippen LogP contribution is 2.47. The maximum atomic E-state index is 13.0. The molecule has 2 aliphatic carbocycles. The first-order valence-electron chi connectivity index (χ1n) is 7.55. The lowest BCUT2D eigenvalue weighted by atomic mass is 9.80. The number of Topliss-reactive ketones (excluding diaryl/α,β-unsaturated/α-hetero) is 2. The molecule has 23 heavy (non-hydrogen) atoms. The molecule has 0 amide bonds. The molecule has 2 aromatic rings. The van der Waals surface area contributed by atoms with Crippen LogP contribution in [0.15, 0.2) is 36.4 Å². The Morgan fingerprint density at radius 2 is 1.26 bits per heavy atom. The molecule has 0 aliphatic heterocycles. The van der Waals surface area contributed by atoms with Crippen LogP contribution in [-0.2, 0) is 23.5 Å². The van der Waals surface area contributed by atoms with Gasteiger partial charge in [0.25, 0.3) is 0 Å². The number of alkyl halides is 2. The third kappa shape index (κ3) is 2.04. The highest BCUT2D eigenvalue weighted by atomic mass is 79.9. The molecule has 0 unspecified atom stereocenters.